The van der Waals surface area contributed by atoms with Crippen LogP contribution in [-0.2, 0) is 22.4 Å². The number of phenolic OH excluding ortho intramolecular Hbond substituents is 2. The summed E-state index contributed by atoms with van der Waals surface area (Å²) in [4.78, 5) is 22.1. The second kappa shape index (κ2) is 7.85. The van der Waals surface area contributed by atoms with Crippen molar-refractivity contribution in [1.82, 2.24) is 0 Å². The fourth-order valence-corrected chi connectivity index (χ4v) is 2.63. The summed E-state index contributed by atoms with van der Waals surface area (Å²) in [5, 5.41) is 37.8. The van der Waals surface area contributed by atoms with Crippen molar-refractivity contribution in [2.75, 3.05) is 0 Å². The molecule has 0 saturated heterocycles. The van der Waals surface area contributed by atoms with E-state index in [2.05, 4.69) is 0 Å². The highest BCUT2D eigenvalue weighted by Crippen LogP contribution is 2.34. The Morgan fingerprint density at radius 1 is 0.769 bits per heavy atom. The monoisotopic (exact) mass is 360 g/mol. The van der Waals surface area contributed by atoms with Crippen molar-refractivity contribution in [3.05, 3.63) is 47.5 Å². The molecule has 138 valence electrons. The normalized spacial score (nSPS) is 13.2. The van der Waals surface area contributed by atoms with Crippen LogP contribution in [0.4, 0.5) is 0 Å². The Morgan fingerprint density at radius 2 is 1.12 bits per heavy atom. The second-order valence-electron chi connectivity index (χ2n) is 5.98. The van der Waals surface area contributed by atoms with Crippen molar-refractivity contribution in [2.24, 2.45) is 11.5 Å². The van der Waals surface area contributed by atoms with Crippen LogP contribution in [0.25, 0.3) is 11.1 Å². The SMILES string of the molecule is NC(Cc1ccc(O)cc1-c1cc(O)ccc1CC(N)C(=O)O)C(=O)O. The zero-order valence-electron chi connectivity index (χ0n) is 13.8. The molecule has 0 bridgehead atoms. The average Bonchev–Trinajstić information content (AvgIpc) is 2.57. The van der Waals surface area contributed by atoms with E-state index in [4.69, 9.17) is 21.7 Å². The maximum atomic E-state index is 11.1. The molecule has 2 unspecified atom stereocenters. The zero-order valence-corrected chi connectivity index (χ0v) is 13.8. The fourth-order valence-electron chi connectivity index (χ4n) is 2.63. The highest BCUT2D eigenvalue weighted by atomic mass is 16.4. The van der Waals surface area contributed by atoms with Gasteiger partial charge in [-0.15, -0.1) is 0 Å². The number of aromatic hydroxyl groups is 2. The van der Waals surface area contributed by atoms with Crippen LogP contribution in [0.15, 0.2) is 36.4 Å². The van der Waals surface area contributed by atoms with Gasteiger partial charge in [0.05, 0.1) is 0 Å². The van der Waals surface area contributed by atoms with Crippen molar-refractivity contribution in [2.45, 2.75) is 24.9 Å². The lowest BCUT2D eigenvalue weighted by Crippen LogP contribution is -2.33. The quantitative estimate of drug-likeness (QED) is 0.419. The molecule has 0 aliphatic heterocycles. The number of rotatable bonds is 7. The number of hydrogen-bond donors (Lipinski definition) is 6. The lowest BCUT2D eigenvalue weighted by molar-refractivity contribution is -0.139. The first-order valence-corrected chi connectivity index (χ1v) is 7.80. The molecular weight excluding hydrogens is 340 g/mol. The summed E-state index contributed by atoms with van der Waals surface area (Å²) in [6, 6.07) is 6.40. The topological polar surface area (TPSA) is 167 Å². The van der Waals surface area contributed by atoms with Gasteiger partial charge >= 0.3 is 11.9 Å². The standard InChI is InChI=1S/C18H20N2O6/c19-15(17(23)24)5-9-1-3-11(21)7-13(9)14-8-12(22)4-2-10(14)6-16(20)18(25)26/h1-4,7-8,15-16,21-22H,5-6,19-20H2,(H,23,24)(H,25,26). The first-order chi connectivity index (χ1) is 12.2. The first-order valence-electron chi connectivity index (χ1n) is 7.80. The number of benzene rings is 2. The van der Waals surface area contributed by atoms with Crippen LogP contribution in [0.1, 0.15) is 11.1 Å². The third-order valence-electron chi connectivity index (χ3n) is 3.99. The molecule has 0 fully saturated rings. The molecule has 2 aromatic rings. The van der Waals surface area contributed by atoms with Gasteiger partial charge in [0.25, 0.3) is 0 Å². The number of nitrogens with two attached hydrogens (primary N) is 2. The van der Waals surface area contributed by atoms with E-state index in [1.807, 2.05) is 0 Å². The molecule has 0 spiro atoms. The predicted molar refractivity (Wildman–Crippen MR) is 93.8 cm³/mol. The van der Waals surface area contributed by atoms with Crippen LogP contribution in [0, 0.1) is 0 Å². The van der Waals surface area contributed by atoms with Crippen molar-refractivity contribution >= 4 is 11.9 Å². The molecule has 2 atom stereocenters. The first kappa shape index (κ1) is 19.2. The van der Waals surface area contributed by atoms with Crippen LogP contribution < -0.4 is 11.5 Å². The summed E-state index contributed by atoms with van der Waals surface area (Å²) in [6.45, 7) is 0. The summed E-state index contributed by atoms with van der Waals surface area (Å²) in [7, 11) is 0. The van der Waals surface area contributed by atoms with Gasteiger partial charge in [0.15, 0.2) is 0 Å². The Morgan fingerprint density at radius 3 is 1.42 bits per heavy atom. The summed E-state index contributed by atoms with van der Waals surface area (Å²) in [6.07, 6.45) is -0.0178. The lowest BCUT2D eigenvalue weighted by Gasteiger charge is -2.17. The number of carboxylic acids is 2. The molecule has 0 aromatic heterocycles. The van der Waals surface area contributed by atoms with Gasteiger partial charge in [-0.3, -0.25) is 9.59 Å². The Balaban J connectivity index is 2.56. The van der Waals surface area contributed by atoms with Crippen LogP contribution in [0.2, 0.25) is 0 Å². The number of hydrogen-bond acceptors (Lipinski definition) is 6. The largest absolute Gasteiger partial charge is 0.508 e. The molecule has 0 heterocycles. The van der Waals surface area contributed by atoms with Gasteiger partial charge in [-0.25, -0.2) is 0 Å². The maximum Gasteiger partial charge on any atom is 0.320 e. The number of phenols is 2. The zero-order chi connectivity index (χ0) is 19.4. The number of carboxylic acid groups (broad SMARTS) is 2. The smallest absolute Gasteiger partial charge is 0.320 e. The minimum absolute atomic E-state index is 0.00890. The third-order valence-corrected chi connectivity index (χ3v) is 3.99. The van der Waals surface area contributed by atoms with Crippen LogP contribution in [-0.4, -0.2) is 44.4 Å². The van der Waals surface area contributed by atoms with Crippen LogP contribution >= 0.6 is 0 Å². The molecule has 2 rings (SSSR count). The van der Waals surface area contributed by atoms with E-state index in [9.17, 15) is 19.8 Å². The molecule has 0 amide bonds. The molecular formula is C18H20N2O6. The van der Waals surface area contributed by atoms with Crippen molar-refractivity contribution in [3.8, 4) is 22.6 Å². The average molecular weight is 360 g/mol. The van der Waals surface area contributed by atoms with E-state index < -0.39 is 24.0 Å². The van der Waals surface area contributed by atoms with E-state index in [0.29, 0.717) is 22.3 Å². The molecule has 0 radical (unpaired) electrons. The molecule has 26 heavy (non-hydrogen) atoms. The highest BCUT2D eigenvalue weighted by Gasteiger charge is 2.20. The van der Waals surface area contributed by atoms with Crippen molar-refractivity contribution in [1.29, 1.82) is 0 Å². The van der Waals surface area contributed by atoms with Crippen LogP contribution in [0.5, 0.6) is 11.5 Å². The second-order valence-corrected chi connectivity index (χ2v) is 5.98. The molecule has 0 saturated carbocycles. The van der Waals surface area contributed by atoms with Gasteiger partial charge in [0, 0.05) is 0 Å². The van der Waals surface area contributed by atoms with Crippen LogP contribution in [0.3, 0.4) is 0 Å². The molecule has 0 aliphatic carbocycles. The molecule has 8 N–H and O–H groups in total. The highest BCUT2D eigenvalue weighted by molar-refractivity contribution is 5.78. The van der Waals surface area contributed by atoms with Gasteiger partial charge in [0.1, 0.15) is 23.6 Å². The fraction of sp³-hybridized carbons (Fsp3) is 0.222. The Hall–Kier alpha value is -3.10. The minimum atomic E-state index is -1.17. The summed E-state index contributed by atoms with van der Waals surface area (Å²) < 4.78 is 0. The number of carbonyl (C=O) groups is 2. The molecule has 8 heteroatoms. The lowest BCUT2D eigenvalue weighted by atomic mass is 9.90. The van der Waals surface area contributed by atoms with E-state index in [-0.39, 0.29) is 24.3 Å². The van der Waals surface area contributed by atoms with Gasteiger partial charge in [-0.05, 0) is 59.4 Å². The minimum Gasteiger partial charge on any atom is -0.508 e. The van der Waals surface area contributed by atoms with E-state index in [0.717, 1.165) is 0 Å². The predicted octanol–water partition coefficient (Wildman–Crippen LogP) is 0.674. The van der Waals surface area contributed by atoms with Crippen molar-refractivity contribution in [3.63, 3.8) is 0 Å². The van der Waals surface area contributed by atoms with Gasteiger partial charge in [0.2, 0.25) is 0 Å². The summed E-state index contributed by atoms with van der Waals surface area (Å²) >= 11 is 0. The maximum absolute atomic E-state index is 11.1. The van der Waals surface area contributed by atoms with Gasteiger partial charge < -0.3 is 31.9 Å². The Labute approximate surface area is 149 Å². The van der Waals surface area contributed by atoms with E-state index in [1.54, 1.807) is 12.1 Å². The molecule has 0 aliphatic rings. The Kier molecular flexibility index (Phi) is 5.81. The summed E-state index contributed by atoms with van der Waals surface area (Å²) in [5.74, 6) is -2.48. The molecule has 8 nitrogen and oxygen atoms in total. The van der Waals surface area contributed by atoms with E-state index >= 15 is 0 Å². The van der Waals surface area contributed by atoms with Crippen molar-refractivity contribution < 1.29 is 30.0 Å². The molecule has 2 aromatic carbocycles. The van der Waals surface area contributed by atoms with Gasteiger partial charge in [-0.1, -0.05) is 12.1 Å². The summed E-state index contributed by atoms with van der Waals surface area (Å²) in [5.41, 5.74) is 13.2. The Bertz CT molecular complexity index is 767. The van der Waals surface area contributed by atoms with E-state index in [1.165, 1.54) is 24.3 Å². The number of aliphatic carboxylic acids is 2. The third kappa shape index (κ3) is 4.50. The van der Waals surface area contributed by atoms with Gasteiger partial charge in [-0.2, -0.15) is 0 Å².